The van der Waals surface area contributed by atoms with Gasteiger partial charge in [0.15, 0.2) is 6.61 Å². The first-order valence-corrected chi connectivity index (χ1v) is 9.02. The lowest BCUT2D eigenvalue weighted by Gasteiger charge is -2.13. The standard InChI is InChI=1S/C20H21ClN2O4/c1-12-8-17(18(26-2)10-16(12)21)23-19(24)11-27-15-5-3-4-14(9-15)22-20(25)13-6-7-13/h3-5,8-10,13H,6-7,11H2,1-2H3,(H,22,25)(H,23,24). The SMILES string of the molecule is COc1cc(Cl)c(C)cc1NC(=O)COc1cccc(NC(=O)C2CC2)c1. The lowest BCUT2D eigenvalue weighted by Crippen LogP contribution is -2.20. The normalized spacial score (nSPS) is 13.0. The highest BCUT2D eigenvalue weighted by Crippen LogP contribution is 2.31. The van der Waals surface area contributed by atoms with Crippen LogP contribution in [-0.2, 0) is 9.59 Å². The molecule has 2 amide bonds. The number of benzene rings is 2. The van der Waals surface area contributed by atoms with E-state index in [1.807, 2.05) is 6.92 Å². The minimum atomic E-state index is -0.331. The number of carbonyl (C=O) groups excluding carboxylic acids is 2. The van der Waals surface area contributed by atoms with Gasteiger partial charge in [0.1, 0.15) is 11.5 Å². The van der Waals surface area contributed by atoms with Crippen molar-refractivity contribution >= 4 is 34.8 Å². The van der Waals surface area contributed by atoms with Crippen LogP contribution in [-0.4, -0.2) is 25.5 Å². The second kappa shape index (κ2) is 8.31. The Labute approximate surface area is 162 Å². The van der Waals surface area contributed by atoms with Crippen molar-refractivity contribution < 1.29 is 19.1 Å². The largest absolute Gasteiger partial charge is 0.495 e. The van der Waals surface area contributed by atoms with Crippen molar-refractivity contribution in [2.75, 3.05) is 24.4 Å². The molecule has 0 spiro atoms. The second-order valence-corrected chi connectivity index (χ2v) is 6.84. The summed E-state index contributed by atoms with van der Waals surface area (Å²) in [7, 11) is 1.51. The summed E-state index contributed by atoms with van der Waals surface area (Å²) in [6, 6.07) is 10.4. The van der Waals surface area contributed by atoms with Gasteiger partial charge in [-0.1, -0.05) is 17.7 Å². The number of carbonyl (C=O) groups is 2. The van der Waals surface area contributed by atoms with Crippen LogP contribution in [0.1, 0.15) is 18.4 Å². The van der Waals surface area contributed by atoms with Crippen molar-refractivity contribution in [3.8, 4) is 11.5 Å². The van der Waals surface area contributed by atoms with Crippen LogP contribution in [0.3, 0.4) is 0 Å². The van der Waals surface area contributed by atoms with E-state index < -0.39 is 0 Å². The van der Waals surface area contributed by atoms with Crippen molar-refractivity contribution in [3.05, 3.63) is 47.0 Å². The predicted molar refractivity (Wildman–Crippen MR) is 105 cm³/mol. The van der Waals surface area contributed by atoms with Crippen LogP contribution in [0, 0.1) is 12.8 Å². The molecule has 0 atom stereocenters. The van der Waals surface area contributed by atoms with Crippen LogP contribution in [0.15, 0.2) is 36.4 Å². The quantitative estimate of drug-likeness (QED) is 0.751. The molecule has 0 aromatic heterocycles. The summed E-state index contributed by atoms with van der Waals surface area (Å²) >= 11 is 6.07. The molecule has 0 aliphatic heterocycles. The zero-order valence-electron chi connectivity index (χ0n) is 15.2. The topological polar surface area (TPSA) is 76.7 Å². The van der Waals surface area contributed by atoms with Gasteiger partial charge in [0.2, 0.25) is 5.91 Å². The molecule has 0 unspecified atom stereocenters. The molecule has 0 saturated heterocycles. The molecule has 1 aliphatic rings. The van der Waals surface area contributed by atoms with Crippen molar-refractivity contribution in [3.63, 3.8) is 0 Å². The molecule has 0 heterocycles. The van der Waals surface area contributed by atoms with E-state index in [0.717, 1.165) is 18.4 Å². The van der Waals surface area contributed by atoms with Gasteiger partial charge < -0.3 is 20.1 Å². The number of aryl methyl sites for hydroxylation is 1. The number of hydrogen-bond donors (Lipinski definition) is 2. The molecule has 2 N–H and O–H groups in total. The van der Waals surface area contributed by atoms with Crippen LogP contribution < -0.4 is 20.1 Å². The van der Waals surface area contributed by atoms with Gasteiger partial charge in [0, 0.05) is 28.8 Å². The van der Waals surface area contributed by atoms with E-state index >= 15 is 0 Å². The molecule has 142 valence electrons. The molecule has 27 heavy (non-hydrogen) atoms. The first kappa shape index (κ1) is 19.0. The molecule has 1 fully saturated rings. The van der Waals surface area contributed by atoms with Crippen molar-refractivity contribution in [2.24, 2.45) is 5.92 Å². The second-order valence-electron chi connectivity index (χ2n) is 6.43. The summed E-state index contributed by atoms with van der Waals surface area (Å²) < 4.78 is 10.8. The Kier molecular flexibility index (Phi) is 5.86. The number of nitrogens with one attached hydrogen (secondary N) is 2. The van der Waals surface area contributed by atoms with E-state index in [4.69, 9.17) is 21.1 Å². The number of amides is 2. The summed E-state index contributed by atoms with van der Waals surface area (Å²) in [4.78, 5) is 24.0. The highest BCUT2D eigenvalue weighted by Gasteiger charge is 2.29. The first-order chi connectivity index (χ1) is 13.0. The Morgan fingerprint density at radius 3 is 2.67 bits per heavy atom. The number of anilines is 2. The molecule has 7 heteroatoms. The predicted octanol–water partition coefficient (Wildman–Crippen LogP) is 4.02. The maximum absolute atomic E-state index is 12.2. The van der Waals surface area contributed by atoms with Crippen molar-refractivity contribution in [1.82, 2.24) is 0 Å². The maximum Gasteiger partial charge on any atom is 0.262 e. The fourth-order valence-electron chi connectivity index (χ4n) is 2.52. The number of ether oxygens (including phenoxy) is 2. The first-order valence-electron chi connectivity index (χ1n) is 8.64. The molecule has 0 bridgehead atoms. The number of hydrogen-bond acceptors (Lipinski definition) is 4. The molecule has 1 saturated carbocycles. The summed E-state index contributed by atoms with van der Waals surface area (Å²) in [5.41, 5.74) is 2.01. The van der Waals surface area contributed by atoms with Gasteiger partial charge in [-0.25, -0.2) is 0 Å². The van der Waals surface area contributed by atoms with Gasteiger partial charge in [0.05, 0.1) is 12.8 Å². The Bertz CT molecular complexity index is 865. The lowest BCUT2D eigenvalue weighted by atomic mass is 10.2. The van der Waals surface area contributed by atoms with Gasteiger partial charge >= 0.3 is 0 Å². The summed E-state index contributed by atoms with van der Waals surface area (Å²) in [5, 5.41) is 6.16. The van der Waals surface area contributed by atoms with Crippen LogP contribution in [0.4, 0.5) is 11.4 Å². The summed E-state index contributed by atoms with van der Waals surface area (Å²) in [6.45, 7) is 1.67. The smallest absolute Gasteiger partial charge is 0.262 e. The van der Waals surface area contributed by atoms with E-state index in [0.29, 0.717) is 27.9 Å². The van der Waals surface area contributed by atoms with Crippen molar-refractivity contribution in [2.45, 2.75) is 19.8 Å². The Morgan fingerprint density at radius 1 is 1.19 bits per heavy atom. The average Bonchev–Trinajstić information content (AvgIpc) is 3.48. The van der Waals surface area contributed by atoms with Gasteiger partial charge in [-0.3, -0.25) is 9.59 Å². The highest BCUT2D eigenvalue weighted by atomic mass is 35.5. The molecule has 2 aromatic rings. The fraction of sp³-hybridized carbons (Fsp3) is 0.300. The van der Waals surface area contributed by atoms with Crippen LogP contribution in [0.25, 0.3) is 0 Å². The Hall–Kier alpha value is -2.73. The van der Waals surface area contributed by atoms with Crippen LogP contribution in [0.5, 0.6) is 11.5 Å². The van der Waals surface area contributed by atoms with E-state index in [9.17, 15) is 9.59 Å². The molecule has 3 rings (SSSR count). The average molecular weight is 389 g/mol. The van der Waals surface area contributed by atoms with E-state index in [-0.39, 0.29) is 24.3 Å². The summed E-state index contributed by atoms with van der Waals surface area (Å²) in [6.07, 6.45) is 1.88. The molecule has 0 radical (unpaired) electrons. The zero-order valence-corrected chi connectivity index (χ0v) is 15.9. The third-order valence-electron chi connectivity index (χ3n) is 4.17. The van der Waals surface area contributed by atoms with Gasteiger partial charge in [-0.2, -0.15) is 0 Å². The Balaban J connectivity index is 1.58. The molecular formula is C20H21ClN2O4. The Morgan fingerprint density at radius 2 is 1.96 bits per heavy atom. The van der Waals surface area contributed by atoms with Gasteiger partial charge in [-0.15, -0.1) is 0 Å². The lowest BCUT2D eigenvalue weighted by molar-refractivity contribution is -0.118. The highest BCUT2D eigenvalue weighted by molar-refractivity contribution is 6.31. The minimum absolute atomic E-state index is 0.0232. The summed E-state index contributed by atoms with van der Waals surface area (Å²) in [5.74, 6) is 0.789. The number of rotatable bonds is 7. The number of halogens is 1. The molecule has 6 nitrogen and oxygen atoms in total. The van der Waals surface area contributed by atoms with E-state index in [1.165, 1.54) is 7.11 Å². The fourth-order valence-corrected chi connectivity index (χ4v) is 2.67. The minimum Gasteiger partial charge on any atom is -0.495 e. The molecule has 1 aliphatic carbocycles. The third-order valence-corrected chi connectivity index (χ3v) is 4.58. The van der Waals surface area contributed by atoms with Crippen LogP contribution >= 0.6 is 11.6 Å². The monoisotopic (exact) mass is 388 g/mol. The molecular weight excluding hydrogens is 368 g/mol. The number of methoxy groups -OCH3 is 1. The van der Waals surface area contributed by atoms with Gasteiger partial charge in [-0.05, 0) is 43.5 Å². The van der Waals surface area contributed by atoms with Crippen LogP contribution in [0.2, 0.25) is 5.02 Å². The molecule has 2 aromatic carbocycles. The van der Waals surface area contributed by atoms with E-state index in [1.54, 1.807) is 36.4 Å². The zero-order chi connectivity index (χ0) is 19.4. The third kappa shape index (κ3) is 5.14. The van der Waals surface area contributed by atoms with Gasteiger partial charge in [0.25, 0.3) is 5.91 Å². The van der Waals surface area contributed by atoms with Crippen molar-refractivity contribution in [1.29, 1.82) is 0 Å². The maximum atomic E-state index is 12.2. The van der Waals surface area contributed by atoms with E-state index in [2.05, 4.69) is 10.6 Å².